The molecule has 0 saturated heterocycles. The van der Waals surface area contributed by atoms with Gasteiger partial charge < -0.3 is 0 Å². The van der Waals surface area contributed by atoms with Crippen LogP contribution in [-0.4, -0.2) is 8.29 Å². The number of hydrogen-bond acceptors (Lipinski definition) is 2. The molecular formula is C8H7N2SZn. The summed E-state index contributed by atoms with van der Waals surface area (Å²) in [5, 5.41) is 0.815. The zero-order chi connectivity index (χ0) is 8.72. The summed E-state index contributed by atoms with van der Waals surface area (Å²) in [6.45, 7) is 2.07. The van der Waals surface area contributed by atoms with E-state index in [1.165, 1.54) is 11.1 Å². The van der Waals surface area contributed by atoms with E-state index in [-0.39, 0.29) is 0 Å². The van der Waals surface area contributed by atoms with Crippen molar-refractivity contribution in [2.45, 2.75) is 12.1 Å². The molecule has 0 bridgehead atoms. The molecule has 4 heteroatoms. The van der Waals surface area contributed by atoms with Gasteiger partial charge in [0, 0.05) is 0 Å². The van der Waals surface area contributed by atoms with Crippen LogP contribution >= 0.6 is 12.6 Å². The predicted octanol–water partition coefficient (Wildman–Crippen LogP) is 1.94. The molecule has 1 heterocycles. The van der Waals surface area contributed by atoms with Gasteiger partial charge in [-0.25, -0.2) is 0 Å². The van der Waals surface area contributed by atoms with Crippen LogP contribution in [0.2, 0.25) is 0 Å². The van der Waals surface area contributed by atoms with Crippen molar-refractivity contribution in [1.29, 1.82) is 0 Å². The third-order valence-electron chi connectivity index (χ3n) is 1.88. The van der Waals surface area contributed by atoms with Gasteiger partial charge in [-0.1, -0.05) is 0 Å². The molecule has 0 atom stereocenters. The van der Waals surface area contributed by atoms with E-state index < -0.39 is 0 Å². The molecule has 0 saturated carbocycles. The minimum absolute atomic E-state index is 0.815. The average Bonchev–Trinajstić information content (AvgIpc) is 2.28. The molecule has 12 heavy (non-hydrogen) atoms. The monoisotopic (exact) mass is 227 g/mol. The van der Waals surface area contributed by atoms with Crippen molar-refractivity contribution in [2.75, 3.05) is 0 Å². The maximum atomic E-state index is 4.33. The second-order valence-corrected chi connectivity index (χ2v) is 4.56. The quantitative estimate of drug-likeness (QED) is 0.539. The van der Waals surface area contributed by atoms with Crippen LogP contribution in [0.1, 0.15) is 5.56 Å². The first kappa shape index (κ1) is 8.27. The standard InChI is InChI=1S/C8H7N2S.Zn/c1-5-2-3-6-7(4-5)10-8(11)9-6;/h2-4H,1H3,(H-,9,10,11);/q-1;+1. The van der Waals surface area contributed by atoms with Gasteiger partial charge in [0.25, 0.3) is 0 Å². The topological polar surface area (TPSA) is 17.8 Å². The van der Waals surface area contributed by atoms with Crippen LogP contribution in [0.4, 0.5) is 0 Å². The Morgan fingerprint density at radius 1 is 1.50 bits per heavy atom. The van der Waals surface area contributed by atoms with E-state index in [4.69, 9.17) is 0 Å². The van der Waals surface area contributed by atoms with E-state index in [1.54, 1.807) is 0 Å². The first-order valence-electron chi connectivity index (χ1n) is 3.67. The summed E-state index contributed by atoms with van der Waals surface area (Å²) in [7, 11) is 0. The summed E-state index contributed by atoms with van der Waals surface area (Å²) in [4.78, 5) is 4.33. The molecule has 0 unspecified atom stereocenters. The van der Waals surface area contributed by atoms with Crippen LogP contribution < -0.4 is 0 Å². The second-order valence-electron chi connectivity index (χ2n) is 2.83. The fourth-order valence-corrected chi connectivity index (χ4v) is 2.15. The summed E-state index contributed by atoms with van der Waals surface area (Å²) >= 11 is 5.31. The maximum absolute atomic E-state index is 4.33. The van der Waals surface area contributed by atoms with Crippen molar-refractivity contribution >= 4 is 23.7 Å². The number of fused-ring (bicyclic) bond motifs is 1. The number of thiol groups is 1. The first-order chi connectivity index (χ1) is 5.68. The van der Waals surface area contributed by atoms with Gasteiger partial charge in [0.15, 0.2) is 0 Å². The zero-order valence-corrected chi connectivity index (χ0v) is 10.6. The Labute approximate surface area is 86.3 Å². The fraction of sp³-hybridized carbons (Fsp3) is 0.125. The van der Waals surface area contributed by atoms with Gasteiger partial charge in [-0.05, 0) is 0 Å². The molecule has 57 valence electrons. The number of hydrogen-bond donors (Lipinski definition) is 1. The molecule has 2 nitrogen and oxygen atoms in total. The van der Waals surface area contributed by atoms with Gasteiger partial charge in [-0.3, -0.25) is 0 Å². The van der Waals surface area contributed by atoms with E-state index in [2.05, 4.69) is 46.0 Å². The zero-order valence-electron chi connectivity index (χ0n) is 6.78. The van der Waals surface area contributed by atoms with Gasteiger partial charge in [-0.15, -0.1) is 0 Å². The van der Waals surface area contributed by atoms with Crippen molar-refractivity contribution in [1.82, 2.24) is 8.29 Å². The summed E-state index contributed by atoms with van der Waals surface area (Å²) in [6, 6.07) is 6.28. The predicted molar refractivity (Wildman–Crippen MR) is 47.1 cm³/mol. The molecule has 0 aliphatic carbocycles. The number of aryl methyl sites for hydroxylation is 1. The van der Waals surface area contributed by atoms with Gasteiger partial charge in [0.05, 0.1) is 0 Å². The second kappa shape index (κ2) is 2.86. The number of nitrogens with zero attached hydrogens (tertiary/aromatic N) is 2. The van der Waals surface area contributed by atoms with Crippen LogP contribution in [0.25, 0.3) is 11.0 Å². The molecule has 1 aromatic carbocycles. The third kappa shape index (κ3) is 1.19. The van der Waals surface area contributed by atoms with E-state index in [0.29, 0.717) is 0 Å². The third-order valence-corrected chi connectivity index (χ3v) is 4.13. The Morgan fingerprint density at radius 2 is 2.25 bits per heavy atom. The van der Waals surface area contributed by atoms with Gasteiger partial charge in [-0.2, -0.15) is 0 Å². The minimum atomic E-state index is 0.815. The van der Waals surface area contributed by atoms with Gasteiger partial charge in [0.2, 0.25) is 0 Å². The van der Waals surface area contributed by atoms with E-state index >= 15 is 0 Å². The van der Waals surface area contributed by atoms with Crippen LogP contribution in [0.15, 0.2) is 23.4 Å². The molecule has 0 radical (unpaired) electrons. The molecule has 2 aromatic rings. The molecular weight excluding hydrogens is 222 g/mol. The van der Waals surface area contributed by atoms with Crippen molar-refractivity contribution in [3.8, 4) is 0 Å². The summed E-state index contributed by atoms with van der Waals surface area (Å²) in [5.41, 5.74) is 3.48. The van der Waals surface area contributed by atoms with Crippen molar-refractivity contribution in [3.05, 3.63) is 23.8 Å². The molecule has 0 spiro atoms. The Morgan fingerprint density at radius 3 is 3.00 bits per heavy atom. The normalized spacial score (nSPS) is 11.0. The molecule has 0 aliphatic rings. The SMILES string of the molecule is Cc1ccc2c(c1)nc(S)[n]2[Zn]. The van der Waals surface area contributed by atoms with Gasteiger partial charge in [0.1, 0.15) is 0 Å². The number of benzene rings is 1. The van der Waals surface area contributed by atoms with E-state index in [9.17, 15) is 0 Å². The first-order valence-corrected chi connectivity index (χ1v) is 5.45. The van der Waals surface area contributed by atoms with Crippen LogP contribution in [0.3, 0.4) is 0 Å². The fourth-order valence-electron chi connectivity index (χ4n) is 1.23. The van der Waals surface area contributed by atoms with E-state index in [1.807, 2.05) is 0 Å². The van der Waals surface area contributed by atoms with Crippen molar-refractivity contribution in [2.24, 2.45) is 0 Å². The molecule has 0 aliphatic heterocycles. The summed E-state index contributed by atoms with van der Waals surface area (Å²) < 4.78 is 2.10. The number of imidazole rings is 1. The van der Waals surface area contributed by atoms with Crippen molar-refractivity contribution < 1.29 is 18.5 Å². The van der Waals surface area contributed by atoms with Crippen LogP contribution in [0, 0.1) is 6.92 Å². The number of rotatable bonds is 0. The number of aromatic nitrogens is 2. The molecule has 2 rings (SSSR count). The molecule has 0 fully saturated rings. The Balaban J connectivity index is 2.87. The molecule has 1 aromatic heterocycles. The average molecular weight is 229 g/mol. The van der Waals surface area contributed by atoms with Crippen LogP contribution in [-0.2, 0) is 18.5 Å². The molecule has 0 amide bonds. The Bertz CT molecular complexity index is 436. The van der Waals surface area contributed by atoms with Gasteiger partial charge >= 0.3 is 86.3 Å². The summed E-state index contributed by atoms with van der Waals surface area (Å²) in [5.74, 6) is 0. The Kier molecular flexibility index (Phi) is 1.97. The molecule has 0 N–H and O–H groups in total. The van der Waals surface area contributed by atoms with E-state index in [0.717, 1.165) is 29.2 Å². The summed E-state index contributed by atoms with van der Waals surface area (Å²) in [6.07, 6.45) is 0. The van der Waals surface area contributed by atoms with Crippen molar-refractivity contribution in [3.63, 3.8) is 0 Å². The van der Waals surface area contributed by atoms with Crippen LogP contribution in [0.5, 0.6) is 0 Å². The Hall–Kier alpha value is -0.337.